The van der Waals surface area contributed by atoms with Gasteiger partial charge in [0.1, 0.15) is 75.1 Å². The Balaban J connectivity index is 0.00000121. The van der Waals surface area contributed by atoms with Crippen LogP contribution in [0.25, 0.3) is 23.0 Å². The van der Waals surface area contributed by atoms with Crippen molar-refractivity contribution in [2.24, 2.45) is 0 Å². The summed E-state index contributed by atoms with van der Waals surface area (Å²) >= 11 is 3.18. The fourth-order valence-electron chi connectivity index (χ4n) is 7.30. The molecule has 0 saturated carbocycles. The van der Waals surface area contributed by atoms with Crippen LogP contribution in [-0.2, 0) is 48.1 Å². The molecule has 0 fully saturated rings. The number of nitrogens with two attached hydrogens (primary N) is 1. The minimum Gasteiger partial charge on any atom is -0.870 e. The number of aromatic nitrogens is 16. The fourth-order valence-corrected chi connectivity index (χ4v) is 7.63. The number of nitrogens with one attached hydrogen (secondary N) is 2. The van der Waals surface area contributed by atoms with Crippen LogP contribution in [0.3, 0.4) is 0 Å². The van der Waals surface area contributed by atoms with Crippen LogP contribution >= 0.6 is 15.9 Å². The van der Waals surface area contributed by atoms with Crippen molar-refractivity contribution in [3.8, 4) is 23.0 Å². The Labute approximate surface area is 588 Å². The number of carbonyl (C=O) groups is 4. The van der Waals surface area contributed by atoms with Gasteiger partial charge in [-0.25, -0.2) is 59.5 Å². The van der Waals surface area contributed by atoms with Crippen molar-refractivity contribution in [2.75, 3.05) is 91.6 Å². The maximum Gasteiger partial charge on any atom is 1.00 e. The van der Waals surface area contributed by atoms with E-state index in [0.29, 0.717) is 36.5 Å². The van der Waals surface area contributed by atoms with Gasteiger partial charge in [-0.1, -0.05) is 28.1 Å². The molecule has 0 aromatic carbocycles. The number of pyridine rings is 2. The SMILES string of the molecule is CC(C)n1cnnc1-c1cccc(N)n1.CCOC(=O)c1cn(CCOC)nc1C(F)F.CCOC(=O)c1cn[nH]c1C(F)F.COCCBr.COCCn1cc(C(=O)Nc2cccc(-c3nncn3C(C)C)n2)c(C(F)F)n1.COCCn1cc(C(=O)O)c(C(F)F)n1.[2H]CF.[Na+].[OH-]. The first kappa shape index (κ1) is 87.8. The number of halogens is 10. The number of alkyl halides is 10. The molecule has 41 heteroatoms. The molecule has 8 heterocycles. The molecule has 30 nitrogen and oxygen atoms in total. The van der Waals surface area contributed by atoms with Gasteiger partial charge in [-0.15, -0.1) is 20.4 Å². The molecule has 8 rings (SSSR count). The summed E-state index contributed by atoms with van der Waals surface area (Å²) in [5.41, 5.74) is 3.42. The monoisotopic (exact) mass is 1480 g/mol. The van der Waals surface area contributed by atoms with Gasteiger partial charge in [-0.2, -0.15) is 20.4 Å². The van der Waals surface area contributed by atoms with Gasteiger partial charge >= 0.3 is 47.5 Å². The Bertz CT molecular complexity index is 3580. The zero-order valence-electron chi connectivity index (χ0n) is 56.2. The predicted molar refractivity (Wildman–Crippen MR) is 334 cm³/mol. The summed E-state index contributed by atoms with van der Waals surface area (Å²) in [6, 6.07) is 10.9. The van der Waals surface area contributed by atoms with Crippen molar-refractivity contribution in [1.82, 2.24) is 79.0 Å². The first-order chi connectivity index (χ1) is 46.2. The first-order valence-electron chi connectivity index (χ1n) is 29.1. The molecule has 1 amide bonds. The quantitative estimate of drug-likeness (QED) is 0.0180. The van der Waals surface area contributed by atoms with Crippen molar-refractivity contribution in [2.45, 2.75) is 99.0 Å². The zero-order chi connectivity index (χ0) is 72.7. The second-order valence-electron chi connectivity index (χ2n) is 19.0. The Morgan fingerprint density at radius 3 is 1.42 bits per heavy atom. The van der Waals surface area contributed by atoms with Crippen molar-refractivity contribution in [3.05, 3.63) is 119 Å². The standard InChI is InChI=1S/C18H21F2N7O2.C10H14F2N2O3.C10H13N5.C8H10F2N2O3.C7H8F2N2O2.C3H7BrO.CH3F.Na.H2O/c1-11(2)27-10-21-24-17(27)13-5-4-6-14(22-13)23-18(28)12-9-26(7-8-29-3)25-15(12)16(19)20;1-3-17-10(15)7-6-14(4-5-16-2)13-8(7)9(11)12;1-7(2)15-6-12-14-10(15)8-4-3-5-9(11)13-8;1-15-3-2-12-4-5(8(13)14)6(11-12)7(9)10;1-2-13-7(12)4-3-10-11-5(4)6(8)9;1-5-3-2-4;1-2;;/h4-6,9-11,16H,7-8H2,1-3H3,(H,22,23,28);6,9H,3-5H2,1-2H3;3-7H,1-2H3,(H2,11,13);4,7H,2-3H2,1H3,(H,13,14);3,6H,2H2,1H3,(H,10,11);2-3H2,1H3;1H3;;1H2/q;;;;;;;+1;/p-1/i;;;;;;1D;;. The molecule has 538 valence electrons. The van der Waals surface area contributed by atoms with Crippen LogP contribution < -0.4 is 40.6 Å². The Morgan fingerprint density at radius 1 is 0.633 bits per heavy atom. The van der Waals surface area contributed by atoms with E-state index in [9.17, 15) is 58.7 Å². The number of methoxy groups -OCH3 is 4. The van der Waals surface area contributed by atoms with Crippen LogP contribution in [0.2, 0.25) is 0 Å². The number of aromatic amines is 1. The number of hydrogen-bond acceptors (Lipinski definition) is 22. The van der Waals surface area contributed by atoms with Gasteiger partial charge in [0.25, 0.3) is 31.6 Å². The Hall–Kier alpha value is -8.25. The summed E-state index contributed by atoms with van der Waals surface area (Å²) in [6.45, 7) is 14.1. The number of esters is 2. The van der Waals surface area contributed by atoms with E-state index in [2.05, 4.69) is 100 Å². The normalized spacial score (nSPS) is 10.6. The van der Waals surface area contributed by atoms with Crippen LogP contribution in [0.15, 0.2) is 73.8 Å². The smallest absolute Gasteiger partial charge is 0.870 e. The summed E-state index contributed by atoms with van der Waals surface area (Å²) in [5, 5.41) is 44.3. The Kier molecular flexibility index (Phi) is 43.4. The van der Waals surface area contributed by atoms with Gasteiger partial charge in [0.05, 0.1) is 79.6 Å². The van der Waals surface area contributed by atoms with Crippen molar-refractivity contribution >= 4 is 51.4 Å². The third-order valence-electron chi connectivity index (χ3n) is 11.7. The number of aromatic carboxylic acids is 1. The van der Waals surface area contributed by atoms with Gasteiger partial charge in [0, 0.05) is 64.4 Å². The average Bonchev–Trinajstić information content (AvgIpc) is 1.71. The van der Waals surface area contributed by atoms with E-state index in [1.165, 1.54) is 43.1 Å². The number of anilines is 2. The largest absolute Gasteiger partial charge is 1.00 e. The van der Waals surface area contributed by atoms with Crippen molar-refractivity contribution < 1.29 is 129 Å². The van der Waals surface area contributed by atoms with Gasteiger partial charge in [0.15, 0.2) is 11.6 Å². The third kappa shape index (κ3) is 29.4. The van der Waals surface area contributed by atoms with Gasteiger partial charge in [-0.05, 0) is 65.8 Å². The number of rotatable bonds is 26. The summed E-state index contributed by atoms with van der Waals surface area (Å²) in [6.07, 6.45) is -3.42. The summed E-state index contributed by atoms with van der Waals surface area (Å²) in [7, 11) is 5.12. The first-order valence-corrected chi connectivity index (χ1v) is 29.5. The molecule has 0 aliphatic rings. The van der Waals surface area contributed by atoms with Crippen LogP contribution in [0, 0.1) is 0 Å². The van der Waals surface area contributed by atoms with E-state index in [1.54, 1.807) is 57.9 Å². The van der Waals surface area contributed by atoms with Crippen LogP contribution in [-0.4, -0.2) is 194 Å². The molecule has 0 spiro atoms. The number of nitrogens with zero attached hydrogens (tertiary/aromatic N) is 15. The molecule has 6 N–H and O–H groups in total. The van der Waals surface area contributed by atoms with E-state index >= 15 is 0 Å². The Morgan fingerprint density at radius 2 is 1.04 bits per heavy atom. The van der Waals surface area contributed by atoms with E-state index in [4.69, 9.17) is 26.4 Å². The molecule has 0 bridgehead atoms. The molecule has 0 radical (unpaired) electrons. The minimum absolute atomic E-state index is 0. The van der Waals surface area contributed by atoms with Crippen LogP contribution in [0.1, 0.15) is 145 Å². The van der Waals surface area contributed by atoms with E-state index in [0.717, 1.165) is 40.5 Å². The molecule has 8 aromatic rings. The molecule has 0 aliphatic heterocycles. The molecular weight excluding hydrogens is 1400 g/mol. The predicted octanol–water partition coefficient (Wildman–Crippen LogP) is 7.23. The van der Waals surface area contributed by atoms with Crippen LogP contribution in [0.4, 0.5) is 51.1 Å². The molecule has 8 aromatic heterocycles. The molecule has 98 heavy (non-hydrogen) atoms. The van der Waals surface area contributed by atoms with E-state index < -0.39 is 85.0 Å². The molecule has 0 unspecified atom stereocenters. The zero-order valence-corrected chi connectivity index (χ0v) is 58.8. The van der Waals surface area contributed by atoms with Crippen molar-refractivity contribution in [1.29, 1.82) is 0 Å². The summed E-state index contributed by atoms with van der Waals surface area (Å²) in [5.74, 6) is -1.72. The third-order valence-corrected chi connectivity index (χ3v) is 12.0. The number of amides is 1. The second kappa shape index (κ2) is 48.5. The average molecular weight is 1480 g/mol. The number of carboxylic acids is 1. The molecule has 0 atom stereocenters. The maximum absolute atomic E-state index is 13.3. The molecular formula is C57H77BrF9N18NaO12. The topological polar surface area (TPSA) is 381 Å². The number of carboxylic acid groups (broad SMARTS) is 1. The molecule has 0 saturated heterocycles. The number of hydrogen-bond donors (Lipinski definition) is 4. The molecule has 0 aliphatic carbocycles. The van der Waals surface area contributed by atoms with E-state index in [-0.39, 0.29) is 103 Å². The van der Waals surface area contributed by atoms with E-state index in [1.807, 2.05) is 40.2 Å². The number of nitrogen functional groups attached to an aromatic ring is 1. The maximum atomic E-state index is 13.3. The summed E-state index contributed by atoms with van der Waals surface area (Å²) < 4.78 is 152. The number of carbonyl (C=O) groups excluding carboxylic acids is 3. The van der Waals surface area contributed by atoms with Gasteiger partial charge in [-0.3, -0.25) is 28.3 Å². The van der Waals surface area contributed by atoms with Gasteiger partial charge in [0.2, 0.25) is 0 Å². The number of ether oxygens (including phenoxy) is 6. The minimum atomic E-state index is -2.89. The van der Waals surface area contributed by atoms with Crippen molar-refractivity contribution in [3.63, 3.8) is 0 Å². The van der Waals surface area contributed by atoms with Gasteiger partial charge < -0.3 is 59.2 Å². The fraction of sp³-hybridized carbons (Fsp3) is 0.474. The van der Waals surface area contributed by atoms with Crippen LogP contribution in [0.5, 0.6) is 0 Å². The number of H-pyrrole nitrogens is 1. The summed E-state index contributed by atoms with van der Waals surface area (Å²) in [4.78, 5) is 54.2. The second-order valence-corrected chi connectivity index (χ2v) is 19.8.